The molecule has 0 heteroatoms. The van der Waals surface area contributed by atoms with E-state index in [0.717, 1.165) is 0 Å². The van der Waals surface area contributed by atoms with Crippen molar-refractivity contribution in [2.24, 2.45) is 0 Å². The number of allylic oxidation sites excluding steroid dienone is 2. The molecule has 0 atom stereocenters. The summed E-state index contributed by atoms with van der Waals surface area (Å²) in [7, 11) is 0. The maximum absolute atomic E-state index is 2.20. The Morgan fingerprint density at radius 3 is 2.23 bits per heavy atom. The Balaban J connectivity index is 3.38. The van der Waals surface area contributed by atoms with Crippen LogP contribution in [0.1, 0.15) is 20.8 Å². The van der Waals surface area contributed by atoms with Gasteiger partial charge in [-0.15, -0.1) is 0 Å². The first-order chi connectivity index (χ1) is 6.27. The summed E-state index contributed by atoms with van der Waals surface area (Å²) in [6.45, 7) is 6.24. The summed E-state index contributed by atoms with van der Waals surface area (Å²) in [6, 6.07) is 8.41. The Hall–Kier alpha value is -1.30. The van der Waals surface area contributed by atoms with Crippen molar-refractivity contribution < 1.29 is 0 Å². The molecule has 0 fully saturated rings. The van der Waals surface area contributed by atoms with E-state index in [9.17, 15) is 0 Å². The molecule has 0 N–H and O–H groups in total. The van der Waals surface area contributed by atoms with Gasteiger partial charge in [0.25, 0.3) is 0 Å². The summed E-state index contributed by atoms with van der Waals surface area (Å²) in [5, 5.41) is 2.59. The lowest BCUT2D eigenvalue weighted by molar-refractivity contribution is 1.46. The average Bonchev–Trinajstić information content (AvgIpc) is 2.18. The highest BCUT2D eigenvalue weighted by molar-refractivity contribution is 5.45. The smallest absolute Gasteiger partial charge is 0.0185 e. The van der Waals surface area contributed by atoms with Crippen LogP contribution in [0, 0.1) is 0 Å². The number of hydrogen-bond donors (Lipinski definition) is 0. The van der Waals surface area contributed by atoms with Crippen LogP contribution in [0.2, 0.25) is 0 Å². The number of benzene rings is 1. The number of hydrogen-bond acceptors (Lipinski definition) is 0. The minimum absolute atomic E-state index is 1.29. The monoisotopic (exact) mass is 172 g/mol. The van der Waals surface area contributed by atoms with E-state index in [1.807, 2.05) is 0 Å². The minimum Gasteiger partial charge on any atom is -0.0847 e. The topological polar surface area (TPSA) is 0 Å². The standard InChI is InChI=1S/C13H16/c1-4-11(3)10-13-9-7-6-8-12(13)5-2/h4-10H,1-3H3/b11-4-,12-5-,13-10-. The molecule has 0 heterocycles. The first-order valence-corrected chi connectivity index (χ1v) is 4.64. The quantitative estimate of drug-likeness (QED) is 0.609. The molecule has 0 nitrogen and oxygen atoms in total. The fourth-order valence-electron chi connectivity index (χ4n) is 1.23. The third-order valence-corrected chi connectivity index (χ3v) is 2.15. The predicted octanol–water partition coefficient (Wildman–Crippen LogP) is 2.23. The molecule has 0 amide bonds. The second-order valence-electron chi connectivity index (χ2n) is 3.09. The highest BCUT2D eigenvalue weighted by atomic mass is 13.9. The molecule has 0 bridgehead atoms. The molecule has 0 unspecified atom stereocenters. The molecule has 0 aliphatic rings. The van der Waals surface area contributed by atoms with Crippen LogP contribution in [0.15, 0.2) is 35.9 Å². The van der Waals surface area contributed by atoms with Crippen LogP contribution in [0.25, 0.3) is 12.2 Å². The van der Waals surface area contributed by atoms with Crippen molar-refractivity contribution in [3.63, 3.8) is 0 Å². The van der Waals surface area contributed by atoms with Gasteiger partial charge in [0, 0.05) is 0 Å². The minimum atomic E-state index is 1.29. The maximum Gasteiger partial charge on any atom is -0.0185 e. The highest BCUT2D eigenvalue weighted by Gasteiger charge is 1.83. The zero-order valence-corrected chi connectivity index (χ0v) is 8.54. The van der Waals surface area contributed by atoms with E-state index in [2.05, 4.69) is 63.3 Å². The summed E-state index contributed by atoms with van der Waals surface area (Å²) in [5.41, 5.74) is 1.30. The van der Waals surface area contributed by atoms with Gasteiger partial charge in [0.15, 0.2) is 0 Å². The van der Waals surface area contributed by atoms with Gasteiger partial charge in [-0.1, -0.05) is 48.1 Å². The van der Waals surface area contributed by atoms with Crippen LogP contribution >= 0.6 is 0 Å². The first kappa shape index (κ1) is 9.79. The SMILES string of the molecule is C\C=C(C)/C=c1/cccc/c1=C/C. The molecule has 13 heavy (non-hydrogen) atoms. The van der Waals surface area contributed by atoms with Crippen LogP contribution in [-0.4, -0.2) is 0 Å². The lowest BCUT2D eigenvalue weighted by Gasteiger charge is -1.91. The van der Waals surface area contributed by atoms with Gasteiger partial charge in [-0.25, -0.2) is 0 Å². The third-order valence-electron chi connectivity index (χ3n) is 2.15. The molecule has 68 valence electrons. The molecular weight excluding hydrogens is 156 g/mol. The maximum atomic E-state index is 2.20. The lowest BCUT2D eigenvalue weighted by Crippen LogP contribution is -2.23. The van der Waals surface area contributed by atoms with Gasteiger partial charge in [0.1, 0.15) is 0 Å². The van der Waals surface area contributed by atoms with Gasteiger partial charge in [-0.3, -0.25) is 0 Å². The molecule has 0 saturated carbocycles. The van der Waals surface area contributed by atoms with E-state index in [-0.39, 0.29) is 0 Å². The zero-order valence-electron chi connectivity index (χ0n) is 8.54. The Bertz CT molecular complexity index is 408. The van der Waals surface area contributed by atoms with E-state index in [1.165, 1.54) is 16.0 Å². The first-order valence-electron chi connectivity index (χ1n) is 4.64. The van der Waals surface area contributed by atoms with E-state index in [1.54, 1.807) is 0 Å². The van der Waals surface area contributed by atoms with Crippen LogP contribution in [0.5, 0.6) is 0 Å². The van der Waals surface area contributed by atoms with Gasteiger partial charge in [-0.2, -0.15) is 0 Å². The number of rotatable bonds is 1. The van der Waals surface area contributed by atoms with Crippen molar-refractivity contribution in [1.82, 2.24) is 0 Å². The highest BCUT2D eigenvalue weighted by Crippen LogP contribution is 1.90. The molecular formula is C13H16. The molecule has 0 aliphatic carbocycles. The molecule has 0 spiro atoms. The Kier molecular flexibility index (Phi) is 3.51. The zero-order chi connectivity index (χ0) is 9.68. The van der Waals surface area contributed by atoms with Gasteiger partial charge in [-0.05, 0) is 31.2 Å². The molecule has 1 aromatic carbocycles. The van der Waals surface area contributed by atoms with Crippen molar-refractivity contribution in [2.45, 2.75) is 20.8 Å². The fraction of sp³-hybridized carbons (Fsp3) is 0.231. The van der Waals surface area contributed by atoms with E-state index in [4.69, 9.17) is 0 Å². The molecule has 0 saturated heterocycles. The molecule has 0 aliphatic heterocycles. The largest absolute Gasteiger partial charge is 0.0847 e. The van der Waals surface area contributed by atoms with E-state index < -0.39 is 0 Å². The van der Waals surface area contributed by atoms with Crippen molar-refractivity contribution in [3.8, 4) is 0 Å². The molecule has 1 aromatic rings. The van der Waals surface area contributed by atoms with Crippen LogP contribution in [0.3, 0.4) is 0 Å². The summed E-state index contributed by atoms with van der Waals surface area (Å²) < 4.78 is 0. The normalized spacial score (nSPS) is 15.2. The van der Waals surface area contributed by atoms with Crippen molar-refractivity contribution in [3.05, 3.63) is 46.4 Å². The summed E-state index contributed by atoms with van der Waals surface area (Å²) in [4.78, 5) is 0. The Morgan fingerprint density at radius 1 is 1.08 bits per heavy atom. The predicted molar refractivity (Wildman–Crippen MR) is 59.7 cm³/mol. The summed E-state index contributed by atoms with van der Waals surface area (Å²) >= 11 is 0. The van der Waals surface area contributed by atoms with Crippen molar-refractivity contribution in [1.29, 1.82) is 0 Å². The van der Waals surface area contributed by atoms with Gasteiger partial charge >= 0.3 is 0 Å². The van der Waals surface area contributed by atoms with Gasteiger partial charge in [0.05, 0.1) is 0 Å². The summed E-state index contributed by atoms with van der Waals surface area (Å²) in [5.74, 6) is 0. The molecule has 0 radical (unpaired) electrons. The van der Waals surface area contributed by atoms with Gasteiger partial charge in [0.2, 0.25) is 0 Å². The summed E-state index contributed by atoms with van der Waals surface area (Å²) in [6.07, 6.45) is 6.45. The van der Waals surface area contributed by atoms with E-state index >= 15 is 0 Å². The third kappa shape index (κ3) is 2.59. The fourth-order valence-corrected chi connectivity index (χ4v) is 1.23. The average molecular weight is 172 g/mol. The van der Waals surface area contributed by atoms with E-state index in [0.29, 0.717) is 0 Å². The second kappa shape index (κ2) is 4.66. The van der Waals surface area contributed by atoms with Crippen LogP contribution in [0.4, 0.5) is 0 Å². The van der Waals surface area contributed by atoms with Crippen LogP contribution in [-0.2, 0) is 0 Å². The second-order valence-corrected chi connectivity index (χ2v) is 3.09. The molecule has 1 rings (SSSR count). The Morgan fingerprint density at radius 2 is 1.69 bits per heavy atom. The van der Waals surface area contributed by atoms with Crippen LogP contribution < -0.4 is 10.4 Å². The van der Waals surface area contributed by atoms with Crippen molar-refractivity contribution in [2.75, 3.05) is 0 Å². The molecule has 0 aromatic heterocycles. The lowest BCUT2D eigenvalue weighted by atomic mass is 10.1. The van der Waals surface area contributed by atoms with Crippen molar-refractivity contribution >= 4 is 12.2 Å². The Labute approximate surface area is 79.9 Å². The van der Waals surface area contributed by atoms with Gasteiger partial charge < -0.3 is 0 Å².